The van der Waals surface area contributed by atoms with Gasteiger partial charge in [0.15, 0.2) is 0 Å². The summed E-state index contributed by atoms with van der Waals surface area (Å²) < 4.78 is 0. The Morgan fingerprint density at radius 2 is 0.300 bits per heavy atom. The Morgan fingerprint density at radius 1 is 0.267 bits per heavy atom. The van der Waals surface area contributed by atoms with Crippen LogP contribution < -0.4 is 30.6 Å². The number of rotatable bonds is 0. The molecule has 30 heavy (non-hydrogen) atoms. The molecular formula is C6H20O22Tb2. The van der Waals surface area contributed by atoms with E-state index in [-0.39, 0.29) is 132 Å². The molecule has 0 aliphatic carbocycles. The fourth-order valence-electron chi connectivity index (χ4n) is 0. The van der Waals surface area contributed by atoms with Crippen LogP contribution in [-0.4, -0.2) is 90.6 Å². The van der Waals surface area contributed by atoms with E-state index in [9.17, 15) is 0 Å². The molecule has 0 aromatic heterocycles. The molecule has 0 amide bonds. The Kier molecular flexibility index (Phi) is 273. The Balaban J connectivity index is -0.00000000721. The van der Waals surface area contributed by atoms with Crippen LogP contribution in [0, 0.1) is 77.2 Å². The maximum Gasteiger partial charge on any atom is 3.00 e. The van der Waals surface area contributed by atoms with Crippen LogP contribution in [0.5, 0.6) is 0 Å². The molecule has 22 nitrogen and oxygen atoms in total. The average molecular weight is 762 g/mol. The third kappa shape index (κ3) is 151. The van der Waals surface area contributed by atoms with Crippen molar-refractivity contribution in [1.29, 1.82) is 0 Å². The first kappa shape index (κ1) is 116. The van der Waals surface area contributed by atoms with Crippen molar-refractivity contribution in [2.24, 2.45) is 0 Å². The summed E-state index contributed by atoms with van der Waals surface area (Å²) in [4.78, 5) is 53.6. The van der Waals surface area contributed by atoms with E-state index in [1.165, 1.54) is 0 Å². The smallest absolute Gasteiger partial charge is 0.543 e. The van der Waals surface area contributed by atoms with Crippen molar-refractivity contribution in [3.8, 4) is 0 Å². The first-order chi connectivity index (χ1) is 7.93. The predicted octanol–water partition coefficient (Wildman–Crippen LogP) is -18.8. The van der Waals surface area contributed by atoms with E-state index in [2.05, 4.69) is 0 Å². The van der Waals surface area contributed by atoms with Gasteiger partial charge in [-0.1, -0.05) is 0 Å². The first-order valence-electron chi connectivity index (χ1n) is 3.20. The Morgan fingerprint density at radius 3 is 0.300 bits per heavy atom. The normalized spacial score (nSPS) is 4.40. The van der Waals surface area contributed by atoms with E-state index in [4.69, 9.17) is 59.4 Å². The number of carbonyl (C=O) groups excluding carboxylic acids is 6. The van der Waals surface area contributed by atoms with Gasteiger partial charge in [0, 0.05) is 0 Å². The van der Waals surface area contributed by atoms with E-state index in [0.717, 1.165) is 0 Å². The molecule has 24 heteroatoms. The second-order valence-electron chi connectivity index (χ2n) is 1.72. The fourth-order valence-corrected chi connectivity index (χ4v) is 0. The zero-order valence-corrected chi connectivity index (χ0v) is 17.8. The molecule has 0 saturated carbocycles. The molecule has 0 atom stereocenters. The van der Waals surface area contributed by atoms with Gasteiger partial charge in [0.25, 0.3) is 0 Å². The van der Waals surface area contributed by atoms with E-state index in [1.54, 1.807) is 0 Å². The van der Waals surface area contributed by atoms with Crippen LogP contribution >= 0.6 is 0 Å². The molecule has 194 valence electrons. The van der Waals surface area contributed by atoms with Crippen LogP contribution in [0.15, 0.2) is 0 Å². The molecule has 0 radical (unpaired) electrons. The van der Waals surface area contributed by atoms with Crippen LogP contribution in [0.1, 0.15) is 0 Å². The van der Waals surface area contributed by atoms with Gasteiger partial charge in [0.1, 0.15) is 0 Å². The maximum atomic E-state index is 8.93. The summed E-state index contributed by atoms with van der Waals surface area (Å²) in [5, 5.41) is 53.6. The van der Waals surface area contributed by atoms with Crippen molar-refractivity contribution in [1.82, 2.24) is 0 Å². The maximum absolute atomic E-state index is 8.93. The summed E-state index contributed by atoms with van der Waals surface area (Å²) in [7, 11) is 0. The van der Waals surface area contributed by atoms with Crippen LogP contribution in [0.4, 0.5) is 0 Å². The number of hydrogen-bond donors (Lipinski definition) is 0. The molecule has 0 heterocycles. The van der Waals surface area contributed by atoms with Gasteiger partial charge in [-0.05, 0) is 0 Å². The molecule has 0 aliphatic rings. The summed E-state index contributed by atoms with van der Waals surface area (Å²) in [5.41, 5.74) is 0. The summed E-state index contributed by atoms with van der Waals surface area (Å²) in [5.74, 6) is -13.1. The minimum Gasteiger partial charge on any atom is -0.543 e. The van der Waals surface area contributed by atoms with Gasteiger partial charge in [-0.2, -0.15) is 0 Å². The van der Waals surface area contributed by atoms with Crippen LogP contribution in [0.2, 0.25) is 0 Å². The Labute approximate surface area is 225 Å². The zero-order valence-electron chi connectivity index (χ0n) is 13.6. The quantitative estimate of drug-likeness (QED) is 0.208. The number of hydrogen-bond acceptors (Lipinski definition) is 12. The largest absolute Gasteiger partial charge is 3.00 e. The molecule has 0 bridgehead atoms. The van der Waals surface area contributed by atoms with Crippen molar-refractivity contribution >= 4 is 35.8 Å². The standard InChI is InChI=1S/3C2H2O4.10H2O.2Tb/c3*3-1(4)2(5)6;;;;;;;;;;;;/h3*(H,3,4)(H,5,6);10*1H2;;/q;;;;;;;;;;;;;2*+3/p-6. The summed E-state index contributed by atoms with van der Waals surface area (Å²) in [6, 6.07) is 0. The van der Waals surface area contributed by atoms with E-state index in [1.807, 2.05) is 0 Å². The van der Waals surface area contributed by atoms with Crippen molar-refractivity contribution in [2.45, 2.75) is 0 Å². The monoisotopic (exact) mass is 762 g/mol. The molecule has 0 rings (SSSR count). The minimum absolute atomic E-state index is 0. The van der Waals surface area contributed by atoms with Crippen LogP contribution in [0.25, 0.3) is 0 Å². The zero-order chi connectivity index (χ0) is 15.5. The van der Waals surface area contributed by atoms with Gasteiger partial charge in [0.05, 0.1) is 35.8 Å². The number of carboxylic acid groups (broad SMARTS) is 6. The third-order valence-corrected chi connectivity index (χ3v) is 0.500. The number of aliphatic carboxylic acids is 6. The molecule has 0 saturated heterocycles. The van der Waals surface area contributed by atoms with E-state index < -0.39 is 35.8 Å². The van der Waals surface area contributed by atoms with E-state index >= 15 is 0 Å². The molecule has 0 spiro atoms. The Bertz CT molecular complexity index is 287. The molecule has 0 aromatic rings. The summed E-state index contributed by atoms with van der Waals surface area (Å²) in [6.45, 7) is 0. The number of carbonyl (C=O) groups is 6. The minimum atomic E-state index is -2.19. The van der Waals surface area contributed by atoms with Crippen molar-refractivity contribution in [3.05, 3.63) is 0 Å². The summed E-state index contributed by atoms with van der Waals surface area (Å²) in [6.07, 6.45) is 0. The third-order valence-electron chi connectivity index (χ3n) is 0.500. The molecule has 0 aromatic carbocycles. The second kappa shape index (κ2) is 70.6. The van der Waals surface area contributed by atoms with E-state index in [0.29, 0.717) is 0 Å². The topological polar surface area (TPSA) is 556 Å². The summed E-state index contributed by atoms with van der Waals surface area (Å²) >= 11 is 0. The van der Waals surface area contributed by atoms with Crippen LogP contribution in [-0.2, 0) is 28.8 Å². The molecule has 20 N–H and O–H groups in total. The van der Waals surface area contributed by atoms with Gasteiger partial charge in [-0.3, -0.25) is 0 Å². The van der Waals surface area contributed by atoms with Gasteiger partial charge in [-0.15, -0.1) is 0 Å². The van der Waals surface area contributed by atoms with Crippen molar-refractivity contribution in [3.63, 3.8) is 0 Å². The SMILES string of the molecule is O.O.O.O.O.O.O.O.O.O.O=C([O-])C(=O)[O-].O=C([O-])C(=O)[O-].O=C([O-])C(=O)[O-].[Tb+3].[Tb+3]. The Hall–Kier alpha value is -1.01. The first-order valence-corrected chi connectivity index (χ1v) is 3.20. The van der Waals surface area contributed by atoms with Gasteiger partial charge in [0.2, 0.25) is 0 Å². The van der Waals surface area contributed by atoms with Crippen molar-refractivity contribution < 1.29 is 191 Å². The van der Waals surface area contributed by atoms with Gasteiger partial charge >= 0.3 is 77.2 Å². The molecule has 0 unspecified atom stereocenters. The fraction of sp³-hybridized carbons (Fsp3) is 0. The molecule has 0 fully saturated rings. The number of carboxylic acids is 6. The predicted molar refractivity (Wildman–Crippen MR) is 66.2 cm³/mol. The molecule has 0 aliphatic heterocycles. The van der Waals surface area contributed by atoms with Gasteiger partial charge < -0.3 is 114 Å². The average Bonchev–Trinajstić information content (AvgIpc) is 2.18. The van der Waals surface area contributed by atoms with Crippen molar-refractivity contribution in [2.75, 3.05) is 0 Å². The van der Waals surface area contributed by atoms with Crippen LogP contribution in [0.3, 0.4) is 0 Å². The second-order valence-corrected chi connectivity index (χ2v) is 1.72. The van der Waals surface area contributed by atoms with Gasteiger partial charge in [-0.25, -0.2) is 0 Å². The molecular weight excluding hydrogens is 742 g/mol.